The normalized spacial score (nSPS) is 14.9. The topological polar surface area (TPSA) is 102 Å². The maximum atomic E-state index is 11.2. The van der Waals surface area contributed by atoms with Crippen molar-refractivity contribution in [2.75, 3.05) is 13.2 Å². The summed E-state index contributed by atoms with van der Waals surface area (Å²) in [7, 11) is -4.48. The van der Waals surface area contributed by atoms with Gasteiger partial charge in [-0.3, -0.25) is 4.52 Å². The molecule has 0 spiro atoms. The lowest BCUT2D eigenvalue weighted by Gasteiger charge is -2.17. The molecule has 0 bridgehead atoms. The van der Waals surface area contributed by atoms with Crippen LogP contribution in [0.25, 0.3) is 0 Å². The number of phosphoric acid groups is 1. The summed E-state index contributed by atoms with van der Waals surface area (Å²) in [5.74, 6) is -0.509. The van der Waals surface area contributed by atoms with E-state index in [4.69, 9.17) is 19.3 Å². The Kier molecular flexibility index (Phi) is 7.35. The minimum Gasteiger partial charge on any atom is -0.457 e. The molecular formula is C10H19O7P. The van der Waals surface area contributed by atoms with Crippen molar-refractivity contribution in [3.63, 3.8) is 0 Å². The predicted molar refractivity (Wildman–Crippen MR) is 63.8 cm³/mol. The highest BCUT2D eigenvalue weighted by atomic mass is 31.2. The van der Waals surface area contributed by atoms with Crippen LogP contribution in [0.15, 0.2) is 12.2 Å². The highest BCUT2D eigenvalue weighted by Gasteiger charge is 2.17. The smallest absolute Gasteiger partial charge is 0.457 e. The van der Waals surface area contributed by atoms with Crippen molar-refractivity contribution >= 4 is 13.8 Å². The van der Waals surface area contributed by atoms with E-state index in [1.165, 1.54) is 6.92 Å². The van der Waals surface area contributed by atoms with E-state index in [1.807, 2.05) is 0 Å². The number of phosphoric ester groups is 1. The van der Waals surface area contributed by atoms with Crippen molar-refractivity contribution in [3.05, 3.63) is 12.2 Å². The van der Waals surface area contributed by atoms with E-state index in [1.54, 1.807) is 13.8 Å². The van der Waals surface area contributed by atoms with Gasteiger partial charge in [0.1, 0.15) is 6.10 Å². The first kappa shape index (κ1) is 17.3. The number of carbonyl (C=O) groups is 1. The van der Waals surface area contributed by atoms with Crippen LogP contribution >= 0.6 is 7.82 Å². The third kappa shape index (κ3) is 9.32. The number of esters is 1. The molecule has 0 aromatic carbocycles. The molecule has 0 aromatic rings. The lowest BCUT2D eigenvalue weighted by atomic mass is 10.3. The van der Waals surface area contributed by atoms with Crippen molar-refractivity contribution in [1.82, 2.24) is 0 Å². The molecule has 8 heteroatoms. The molecule has 2 unspecified atom stereocenters. The van der Waals surface area contributed by atoms with Gasteiger partial charge < -0.3 is 19.3 Å². The van der Waals surface area contributed by atoms with Crippen LogP contribution in [0.1, 0.15) is 20.8 Å². The van der Waals surface area contributed by atoms with Gasteiger partial charge in [-0.15, -0.1) is 0 Å². The minimum atomic E-state index is -4.48. The number of hydrogen-bond acceptors (Lipinski definition) is 5. The number of hydrogen-bond donors (Lipinski definition) is 2. The van der Waals surface area contributed by atoms with Crippen molar-refractivity contribution < 1.29 is 33.1 Å². The van der Waals surface area contributed by atoms with Gasteiger partial charge in [0.2, 0.25) is 0 Å². The first-order valence-corrected chi connectivity index (χ1v) is 6.83. The molecule has 0 aromatic heterocycles. The zero-order valence-corrected chi connectivity index (χ0v) is 11.6. The highest BCUT2D eigenvalue weighted by Crippen LogP contribution is 2.35. The molecule has 0 aliphatic carbocycles. The van der Waals surface area contributed by atoms with E-state index in [9.17, 15) is 9.36 Å². The van der Waals surface area contributed by atoms with Gasteiger partial charge >= 0.3 is 13.8 Å². The van der Waals surface area contributed by atoms with Crippen LogP contribution in [0.4, 0.5) is 0 Å². The standard InChI is InChI=1S/C10H19O7P/c1-7(2)10(11)17-9(4)5-15-8(3)6-16-18(12,13)14/h8-9H,1,5-6H2,2-4H3,(H2,12,13,14). The Balaban J connectivity index is 3.85. The van der Waals surface area contributed by atoms with Crippen molar-refractivity contribution in [3.8, 4) is 0 Å². The summed E-state index contributed by atoms with van der Waals surface area (Å²) < 4.78 is 24.8. The van der Waals surface area contributed by atoms with Gasteiger partial charge in [0.15, 0.2) is 0 Å². The Bertz CT molecular complexity index is 335. The van der Waals surface area contributed by atoms with Crippen LogP contribution < -0.4 is 0 Å². The fourth-order valence-electron chi connectivity index (χ4n) is 0.867. The van der Waals surface area contributed by atoms with E-state index in [0.29, 0.717) is 5.57 Å². The monoisotopic (exact) mass is 282 g/mol. The van der Waals surface area contributed by atoms with Gasteiger partial charge in [-0.2, -0.15) is 0 Å². The molecule has 0 fully saturated rings. The fourth-order valence-corrected chi connectivity index (χ4v) is 1.27. The Morgan fingerprint density at radius 2 is 1.83 bits per heavy atom. The van der Waals surface area contributed by atoms with E-state index in [2.05, 4.69) is 11.1 Å². The van der Waals surface area contributed by atoms with E-state index in [0.717, 1.165) is 0 Å². The third-order valence-electron chi connectivity index (χ3n) is 1.75. The van der Waals surface area contributed by atoms with Gasteiger partial charge in [0.25, 0.3) is 0 Å². The maximum Gasteiger partial charge on any atom is 0.469 e. The Morgan fingerprint density at radius 3 is 2.28 bits per heavy atom. The molecule has 0 saturated heterocycles. The van der Waals surface area contributed by atoms with Crippen molar-refractivity contribution in [1.29, 1.82) is 0 Å². The van der Waals surface area contributed by atoms with E-state index < -0.39 is 26.0 Å². The van der Waals surface area contributed by atoms with Crippen LogP contribution in [0, 0.1) is 0 Å². The summed E-state index contributed by atoms with van der Waals surface area (Å²) in [6.45, 7) is 8.05. The Hall–Kier alpha value is -0.720. The molecule has 0 saturated carbocycles. The first-order chi connectivity index (χ1) is 8.11. The predicted octanol–water partition coefficient (Wildman–Crippen LogP) is 1.01. The maximum absolute atomic E-state index is 11.2. The molecule has 0 radical (unpaired) electrons. The molecular weight excluding hydrogens is 263 g/mol. The summed E-state index contributed by atoms with van der Waals surface area (Å²) in [4.78, 5) is 28.1. The van der Waals surface area contributed by atoms with Crippen LogP contribution in [0.5, 0.6) is 0 Å². The minimum absolute atomic E-state index is 0.102. The molecule has 0 aliphatic heterocycles. The van der Waals surface area contributed by atoms with Crippen LogP contribution in [0.3, 0.4) is 0 Å². The lowest BCUT2D eigenvalue weighted by Crippen LogP contribution is -2.25. The molecule has 18 heavy (non-hydrogen) atoms. The van der Waals surface area contributed by atoms with Gasteiger partial charge in [0.05, 0.1) is 19.3 Å². The average molecular weight is 282 g/mol. The van der Waals surface area contributed by atoms with Crippen LogP contribution in [0.2, 0.25) is 0 Å². The van der Waals surface area contributed by atoms with Gasteiger partial charge in [-0.05, 0) is 20.8 Å². The summed E-state index contributed by atoms with van der Waals surface area (Å²) in [5, 5.41) is 0. The summed E-state index contributed by atoms with van der Waals surface area (Å²) in [5.41, 5.74) is 0.291. The first-order valence-electron chi connectivity index (χ1n) is 5.30. The molecule has 0 aliphatic rings. The molecule has 0 heterocycles. The molecule has 0 rings (SSSR count). The van der Waals surface area contributed by atoms with Crippen LogP contribution in [-0.2, 0) is 23.4 Å². The van der Waals surface area contributed by atoms with Gasteiger partial charge in [-0.1, -0.05) is 6.58 Å². The largest absolute Gasteiger partial charge is 0.469 e. The lowest BCUT2D eigenvalue weighted by molar-refractivity contribution is -0.147. The number of rotatable bonds is 8. The Labute approximate surface area is 106 Å². The molecule has 2 atom stereocenters. The second-order valence-electron chi connectivity index (χ2n) is 3.93. The zero-order chi connectivity index (χ0) is 14.3. The summed E-state index contributed by atoms with van der Waals surface area (Å²) in [6, 6.07) is 0. The average Bonchev–Trinajstić information content (AvgIpc) is 2.22. The van der Waals surface area contributed by atoms with Crippen molar-refractivity contribution in [2.24, 2.45) is 0 Å². The molecule has 0 amide bonds. The molecule has 7 nitrogen and oxygen atoms in total. The second-order valence-corrected chi connectivity index (χ2v) is 5.17. The zero-order valence-electron chi connectivity index (χ0n) is 10.7. The third-order valence-corrected chi connectivity index (χ3v) is 2.23. The van der Waals surface area contributed by atoms with Crippen molar-refractivity contribution in [2.45, 2.75) is 33.0 Å². The second kappa shape index (κ2) is 7.66. The fraction of sp³-hybridized carbons (Fsp3) is 0.700. The Morgan fingerprint density at radius 1 is 1.28 bits per heavy atom. The molecule has 2 N–H and O–H groups in total. The van der Waals surface area contributed by atoms with E-state index in [-0.39, 0.29) is 13.2 Å². The highest BCUT2D eigenvalue weighted by molar-refractivity contribution is 7.46. The van der Waals surface area contributed by atoms with Gasteiger partial charge in [-0.25, -0.2) is 9.36 Å². The van der Waals surface area contributed by atoms with E-state index >= 15 is 0 Å². The number of ether oxygens (including phenoxy) is 2. The SMILES string of the molecule is C=C(C)C(=O)OC(C)COC(C)COP(=O)(O)O. The summed E-state index contributed by atoms with van der Waals surface area (Å²) >= 11 is 0. The van der Waals surface area contributed by atoms with Gasteiger partial charge in [0, 0.05) is 5.57 Å². The van der Waals surface area contributed by atoms with Crippen LogP contribution in [-0.4, -0.2) is 41.2 Å². The number of carbonyl (C=O) groups excluding carboxylic acids is 1. The quantitative estimate of drug-likeness (QED) is 0.389. The molecule has 106 valence electrons. The summed E-state index contributed by atoms with van der Waals surface area (Å²) in [6.07, 6.45) is -1.00.